The Balaban J connectivity index is 1.88. The van der Waals surface area contributed by atoms with Gasteiger partial charge in [0.05, 0.1) is 22.9 Å². The van der Waals surface area contributed by atoms with Crippen molar-refractivity contribution in [1.29, 1.82) is 0 Å². The van der Waals surface area contributed by atoms with Gasteiger partial charge in [-0.05, 0) is 55.0 Å². The number of rotatable bonds is 4. The molecule has 30 heavy (non-hydrogen) atoms. The maximum Gasteiger partial charge on any atom is 0.190 e. The minimum Gasteiger partial charge on any atom is -0.312 e. The molecule has 0 fully saturated rings. The van der Waals surface area contributed by atoms with Crippen LogP contribution >= 0.6 is 57.7 Å². The third kappa shape index (κ3) is 4.77. The monoisotopic (exact) mass is 492 g/mol. The van der Waals surface area contributed by atoms with Crippen molar-refractivity contribution in [2.75, 3.05) is 0 Å². The van der Waals surface area contributed by atoms with Gasteiger partial charge < -0.3 is 4.57 Å². The molecule has 0 saturated carbocycles. The van der Waals surface area contributed by atoms with E-state index in [1.54, 1.807) is 23.5 Å². The molecule has 3 aromatic carbocycles. The number of halogens is 4. The fourth-order valence-corrected chi connectivity index (χ4v) is 4.93. The van der Waals surface area contributed by atoms with Crippen molar-refractivity contribution in [2.24, 2.45) is 4.99 Å². The largest absolute Gasteiger partial charge is 0.312 e. The first-order valence-electron chi connectivity index (χ1n) is 9.10. The lowest BCUT2D eigenvalue weighted by Crippen LogP contribution is -2.17. The van der Waals surface area contributed by atoms with E-state index >= 15 is 0 Å². The van der Waals surface area contributed by atoms with Gasteiger partial charge in [-0.1, -0.05) is 70.2 Å². The van der Waals surface area contributed by atoms with Crippen LogP contribution < -0.4 is 4.80 Å². The maximum atomic E-state index is 6.51. The van der Waals surface area contributed by atoms with Crippen molar-refractivity contribution in [3.63, 3.8) is 0 Å². The van der Waals surface area contributed by atoms with Crippen LogP contribution in [0.15, 0.2) is 71.0 Å². The van der Waals surface area contributed by atoms with E-state index in [4.69, 9.17) is 51.4 Å². The molecule has 4 aromatic rings. The van der Waals surface area contributed by atoms with Gasteiger partial charge >= 0.3 is 0 Å². The average Bonchev–Trinajstić information content (AvgIpc) is 3.08. The number of nitrogens with zero attached hydrogens (tertiary/aromatic N) is 2. The molecule has 0 unspecified atom stereocenters. The molecular formula is C23H16Cl4N2S. The van der Waals surface area contributed by atoms with E-state index in [1.165, 1.54) is 5.56 Å². The number of aryl methyl sites for hydroxylation is 1. The molecule has 0 saturated heterocycles. The first-order valence-corrected chi connectivity index (χ1v) is 11.5. The van der Waals surface area contributed by atoms with Gasteiger partial charge in [0.25, 0.3) is 0 Å². The molecule has 2 nitrogen and oxygen atoms in total. The molecule has 1 aromatic heterocycles. The van der Waals surface area contributed by atoms with Gasteiger partial charge in [-0.3, -0.25) is 0 Å². The molecular weight excluding hydrogens is 478 g/mol. The zero-order chi connectivity index (χ0) is 21.3. The van der Waals surface area contributed by atoms with Crippen molar-refractivity contribution in [3.05, 3.63) is 102 Å². The third-order valence-electron chi connectivity index (χ3n) is 4.61. The maximum absolute atomic E-state index is 6.51. The molecule has 4 rings (SSSR count). The van der Waals surface area contributed by atoms with Crippen molar-refractivity contribution in [1.82, 2.24) is 4.57 Å². The Kier molecular flexibility index (Phi) is 6.57. The smallest absolute Gasteiger partial charge is 0.190 e. The number of hydrogen-bond donors (Lipinski definition) is 0. The molecule has 0 N–H and O–H groups in total. The molecule has 0 amide bonds. The Morgan fingerprint density at radius 3 is 2.17 bits per heavy atom. The summed E-state index contributed by atoms with van der Waals surface area (Å²) >= 11 is 26.7. The molecule has 0 aliphatic carbocycles. The standard InChI is InChI=1S/C23H16Cl4N2S/c1-14-2-7-18(8-3-14)28-23-29(12-15-4-5-16(24)10-20(15)26)22(13-30-23)19-9-6-17(25)11-21(19)27/h2-11,13H,12H2,1H3. The lowest BCUT2D eigenvalue weighted by atomic mass is 10.1. The molecule has 1 heterocycles. The molecule has 0 bridgehead atoms. The fraction of sp³-hybridized carbons (Fsp3) is 0.0870. The quantitative estimate of drug-likeness (QED) is 0.271. The summed E-state index contributed by atoms with van der Waals surface area (Å²) < 4.78 is 2.11. The second-order valence-corrected chi connectivity index (χ2v) is 9.32. The van der Waals surface area contributed by atoms with Gasteiger partial charge in [-0.15, -0.1) is 11.3 Å². The predicted molar refractivity (Wildman–Crippen MR) is 130 cm³/mol. The van der Waals surface area contributed by atoms with E-state index < -0.39 is 0 Å². The van der Waals surface area contributed by atoms with Gasteiger partial charge in [0.2, 0.25) is 0 Å². The summed E-state index contributed by atoms with van der Waals surface area (Å²) in [7, 11) is 0. The topological polar surface area (TPSA) is 17.3 Å². The van der Waals surface area contributed by atoms with E-state index in [0.29, 0.717) is 26.6 Å². The van der Waals surface area contributed by atoms with Crippen LogP contribution in [0.2, 0.25) is 20.1 Å². The highest BCUT2D eigenvalue weighted by Gasteiger charge is 2.14. The summed E-state index contributed by atoms with van der Waals surface area (Å²) in [6.45, 7) is 2.58. The van der Waals surface area contributed by atoms with E-state index in [2.05, 4.69) is 11.5 Å². The first kappa shape index (κ1) is 21.5. The van der Waals surface area contributed by atoms with Crippen molar-refractivity contribution < 1.29 is 0 Å². The van der Waals surface area contributed by atoms with Crippen LogP contribution in [0.4, 0.5) is 5.69 Å². The van der Waals surface area contributed by atoms with Crippen molar-refractivity contribution in [3.8, 4) is 11.3 Å². The normalized spacial score (nSPS) is 11.8. The molecule has 152 valence electrons. The SMILES string of the molecule is Cc1ccc(N=c2scc(-c3ccc(Cl)cc3Cl)n2Cc2ccc(Cl)cc2Cl)cc1. The van der Waals surface area contributed by atoms with E-state index in [-0.39, 0.29) is 0 Å². The Hall–Kier alpha value is -1.75. The summed E-state index contributed by atoms with van der Waals surface area (Å²) in [5, 5.41) is 4.43. The van der Waals surface area contributed by atoms with Crippen LogP contribution in [0.1, 0.15) is 11.1 Å². The van der Waals surface area contributed by atoms with Crippen LogP contribution in [0.25, 0.3) is 11.3 Å². The minimum atomic E-state index is 0.526. The van der Waals surface area contributed by atoms with Gasteiger partial charge in [-0.25, -0.2) is 4.99 Å². The van der Waals surface area contributed by atoms with Gasteiger partial charge in [0.15, 0.2) is 4.80 Å². The highest BCUT2D eigenvalue weighted by molar-refractivity contribution is 7.07. The number of thiazole rings is 1. The fourth-order valence-electron chi connectivity index (χ4n) is 3.03. The van der Waals surface area contributed by atoms with Crippen molar-refractivity contribution >= 4 is 63.4 Å². The summed E-state index contributed by atoms with van der Waals surface area (Å²) in [5.41, 5.74) is 4.84. The second-order valence-electron chi connectivity index (χ2n) is 6.80. The molecule has 0 aliphatic heterocycles. The molecule has 0 aliphatic rings. The van der Waals surface area contributed by atoms with Crippen LogP contribution in [-0.4, -0.2) is 4.57 Å². The molecule has 0 spiro atoms. The number of benzene rings is 3. The molecule has 7 heteroatoms. The van der Waals surface area contributed by atoms with Gasteiger partial charge in [0, 0.05) is 26.0 Å². The second kappa shape index (κ2) is 9.17. The van der Waals surface area contributed by atoms with Crippen LogP contribution in [0.5, 0.6) is 0 Å². The Morgan fingerprint density at radius 2 is 1.50 bits per heavy atom. The highest BCUT2D eigenvalue weighted by Crippen LogP contribution is 2.32. The Morgan fingerprint density at radius 1 is 0.833 bits per heavy atom. The molecule has 0 radical (unpaired) electrons. The Bertz CT molecular complexity index is 1270. The summed E-state index contributed by atoms with van der Waals surface area (Å²) in [4.78, 5) is 5.70. The van der Waals surface area contributed by atoms with Gasteiger partial charge in [0.1, 0.15) is 0 Å². The summed E-state index contributed by atoms with van der Waals surface area (Å²) in [5.74, 6) is 0. The minimum absolute atomic E-state index is 0.526. The third-order valence-corrected chi connectivity index (χ3v) is 6.61. The van der Waals surface area contributed by atoms with Crippen LogP contribution in [0.3, 0.4) is 0 Å². The zero-order valence-corrected chi connectivity index (χ0v) is 19.7. The summed E-state index contributed by atoms with van der Waals surface area (Å²) in [6, 6.07) is 19.1. The van der Waals surface area contributed by atoms with Gasteiger partial charge in [-0.2, -0.15) is 0 Å². The van der Waals surface area contributed by atoms with E-state index in [1.807, 2.05) is 53.9 Å². The summed E-state index contributed by atoms with van der Waals surface area (Å²) in [6.07, 6.45) is 0. The first-order chi connectivity index (χ1) is 14.4. The van der Waals surface area contributed by atoms with Crippen LogP contribution in [0, 0.1) is 6.92 Å². The van der Waals surface area contributed by atoms with Crippen molar-refractivity contribution in [2.45, 2.75) is 13.5 Å². The predicted octanol–water partition coefficient (Wildman–Crippen LogP) is 8.42. The molecule has 0 atom stereocenters. The zero-order valence-electron chi connectivity index (χ0n) is 15.9. The van der Waals surface area contributed by atoms with Crippen LogP contribution in [-0.2, 0) is 6.54 Å². The number of hydrogen-bond acceptors (Lipinski definition) is 2. The lowest BCUT2D eigenvalue weighted by Gasteiger charge is -2.12. The Labute approximate surface area is 199 Å². The lowest BCUT2D eigenvalue weighted by molar-refractivity contribution is 0.778. The number of aromatic nitrogens is 1. The average molecular weight is 494 g/mol. The van der Waals surface area contributed by atoms with E-state index in [0.717, 1.165) is 27.3 Å². The highest BCUT2D eigenvalue weighted by atomic mass is 35.5. The van der Waals surface area contributed by atoms with E-state index in [9.17, 15) is 0 Å².